The molecule has 108 valence electrons. The first-order chi connectivity index (χ1) is 9.61. The number of hydrogen-bond acceptors (Lipinski definition) is 3. The summed E-state index contributed by atoms with van der Waals surface area (Å²) in [6.45, 7) is 2.78. The highest BCUT2D eigenvalue weighted by Crippen LogP contribution is 2.18. The molecule has 2 rings (SSSR count). The van der Waals surface area contributed by atoms with Gasteiger partial charge in [0.2, 0.25) is 5.91 Å². The van der Waals surface area contributed by atoms with Crippen LogP contribution >= 0.6 is 0 Å². The van der Waals surface area contributed by atoms with Gasteiger partial charge in [-0.25, -0.2) is 0 Å². The summed E-state index contributed by atoms with van der Waals surface area (Å²) < 4.78 is 0. The minimum atomic E-state index is -0.125. The molecular weight excluding hydrogens is 254 g/mol. The third-order valence-electron chi connectivity index (χ3n) is 3.60. The van der Waals surface area contributed by atoms with E-state index in [2.05, 4.69) is 16.0 Å². The molecule has 0 aromatic heterocycles. The van der Waals surface area contributed by atoms with Crippen LogP contribution in [0.25, 0.3) is 0 Å². The normalized spacial score (nSPS) is 18.4. The van der Waals surface area contributed by atoms with Gasteiger partial charge in [-0.05, 0) is 50.1 Å². The highest BCUT2D eigenvalue weighted by atomic mass is 16.2. The van der Waals surface area contributed by atoms with Crippen LogP contribution in [-0.2, 0) is 4.79 Å². The Kier molecular flexibility index (Phi) is 4.74. The van der Waals surface area contributed by atoms with Gasteiger partial charge in [-0.15, -0.1) is 0 Å². The molecule has 2 amide bonds. The topological polar surface area (TPSA) is 70.2 Å². The van der Waals surface area contributed by atoms with E-state index in [1.165, 1.54) is 0 Å². The van der Waals surface area contributed by atoms with E-state index in [1.54, 1.807) is 25.2 Å². The maximum absolute atomic E-state index is 12.1. The summed E-state index contributed by atoms with van der Waals surface area (Å²) >= 11 is 0. The molecule has 0 spiro atoms. The molecule has 1 saturated heterocycles. The number of nitrogens with one attached hydrogen (secondary N) is 3. The fraction of sp³-hybridized carbons (Fsp3) is 0.467. The molecule has 1 aromatic rings. The fourth-order valence-corrected chi connectivity index (χ4v) is 2.38. The van der Waals surface area contributed by atoms with Crippen LogP contribution in [0.4, 0.5) is 5.69 Å². The summed E-state index contributed by atoms with van der Waals surface area (Å²) in [7, 11) is 1.60. The number of anilines is 1. The Morgan fingerprint density at radius 2 is 2.10 bits per heavy atom. The first kappa shape index (κ1) is 14.5. The Balaban J connectivity index is 2.05. The standard InChI is InChI=1S/C15H21N3O2/c1-10-9-11(14(19)16-2)6-7-12(10)18-15(20)13-5-3-4-8-17-13/h6-7,9,13,17H,3-5,8H2,1-2H3,(H,16,19)(H,18,20)/t13-/m0/s1. The molecule has 0 saturated carbocycles. The Labute approximate surface area is 119 Å². The first-order valence-electron chi connectivity index (χ1n) is 6.99. The van der Waals surface area contributed by atoms with E-state index in [0.29, 0.717) is 5.56 Å². The van der Waals surface area contributed by atoms with Crippen molar-refractivity contribution in [3.05, 3.63) is 29.3 Å². The van der Waals surface area contributed by atoms with Crippen LogP contribution < -0.4 is 16.0 Å². The number of hydrogen-bond donors (Lipinski definition) is 3. The van der Waals surface area contributed by atoms with E-state index in [0.717, 1.165) is 37.1 Å². The summed E-state index contributed by atoms with van der Waals surface area (Å²) in [6.07, 6.45) is 3.09. The minimum absolute atomic E-state index is 0.000457. The van der Waals surface area contributed by atoms with Gasteiger partial charge in [0.1, 0.15) is 0 Å². The van der Waals surface area contributed by atoms with Crippen molar-refractivity contribution < 1.29 is 9.59 Å². The van der Waals surface area contributed by atoms with E-state index in [-0.39, 0.29) is 17.9 Å². The van der Waals surface area contributed by atoms with Gasteiger partial charge in [-0.2, -0.15) is 0 Å². The average Bonchev–Trinajstić information content (AvgIpc) is 2.49. The Bertz CT molecular complexity index is 508. The summed E-state index contributed by atoms with van der Waals surface area (Å²) in [5.41, 5.74) is 2.24. The zero-order chi connectivity index (χ0) is 14.5. The predicted molar refractivity (Wildman–Crippen MR) is 78.8 cm³/mol. The van der Waals surface area contributed by atoms with Gasteiger partial charge in [0.25, 0.3) is 5.91 Å². The molecule has 0 bridgehead atoms. The lowest BCUT2D eigenvalue weighted by Crippen LogP contribution is -2.43. The number of amides is 2. The average molecular weight is 275 g/mol. The van der Waals surface area contributed by atoms with Crippen LogP contribution in [-0.4, -0.2) is 31.4 Å². The quantitative estimate of drug-likeness (QED) is 0.781. The number of piperidine rings is 1. The second kappa shape index (κ2) is 6.52. The SMILES string of the molecule is CNC(=O)c1ccc(NC(=O)[C@@H]2CCCCN2)c(C)c1. The maximum atomic E-state index is 12.1. The number of rotatable bonds is 3. The van der Waals surface area contributed by atoms with Gasteiger partial charge in [0.15, 0.2) is 0 Å². The van der Waals surface area contributed by atoms with Crippen molar-refractivity contribution >= 4 is 17.5 Å². The van der Waals surface area contributed by atoms with Gasteiger partial charge in [0, 0.05) is 18.3 Å². The van der Waals surface area contributed by atoms with Crippen molar-refractivity contribution in [2.75, 3.05) is 18.9 Å². The lowest BCUT2D eigenvalue weighted by molar-refractivity contribution is -0.118. The highest BCUT2D eigenvalue weighted by molar-refractivity contribution is 5.97. The molecule has 1 heterocycles. The van der Waals surface area contributed by atoms with Crippen LogP contribution in [0.5, 0.6) is 0 Å². The van der Waals surface area contributed by atoms with Gasteiger partial charge < -0.3 is 16.0 Å². The number of benzene rings is 1. The Morgan fingerprint density at radius 1 is 1.30 bits per heavy atom. The number of aryl methyl sites for hydroxylation is 1. The monoisotopic (exact) mass is 275 g/mol. The van der Waals surface area contributed by atoms with E-state index in [9.17, 15) is 9.59 Å². The molecule has 5 heteroatoms. The van der Waals surface area contributed by atoms with Crippen LogP contribution in [0.15, 0.2) is 18.2 Å². The molecule has 0 unspecified atom stereocenters. The first-order valence-corrected chi connectivity index (χ1v) is 6.99. The van der Waals surface area contributed by atoms with Gasteiger partial charge in [-0.1, -0.05) is 6.42 Å². The van der Waals surface area contributed by atoms with Crippen LogP contribution in [0, 0.1) is 6.92 Å². The fourth-order valence-electron chi connectivity index (χ4n) is 2.38. The molecule has 0 aliphatic carbocycles. The lowest BCUT2D eigenvalue weighted by atomic mass is 10.0. The van der Waals surface area contributed by atoms with E-state index >= 15 is 0 Å². The molecule has 1 aliphatic heterocycles. The number of carbonyl (C=O) groups excluding carboxylic acids is 2. The molecule has 1 fully saturated rings. The van der Waals surface area contributed by atoms with Crippen LogP contribution in [0.2, 0.25) is 0 Å². The molecule has 1 atom stereocenters. The molecule has 3 N–H and O–H groups in total. The molecule has 1 aliphatic rings. The Morgan fingerprint density at radius 3 is 2.70 bits per heavy atom. The van der Waals surface area contributed by atoms with Crippen molar-refractivity contribution in [2.24, 2.45) is 0 Å². The van der Waals surface area contributed by atoms with E-state index in [1.807, 2.05) is 6.92 Å². The molecule has 5 nitrogen and oxygen atoms in total. The van der Waals surface area contributed by atoms with Crippen LogP contribution in [0.1, 0.15) is 35.2 Å². The Hall–Kier alpha value is -1.88. The minimum Gasteiger partial charge on any atom is -0.355 e. The van der Waals surface area contributed by atoms with Crippen molar-refractivity contribution in [3.63, 3.8) is 0 Å². The lowest BCUT2D eigenvalue weighted by Gasteiger charge is -2.23. The van der Waals surface area contributed by atoms with E-state index in [4.69, 9.17) is 0 Å². The molecule has 0 radical (unpaired) electrons. The second-order valence-electron chi connectivity index (χ2n) is 5.10. The maximum Gasteiger partial charge on any atom is 0.251 e. The largest absolute Gasteiger partial charge is 0.355 e. The van der Waals surface area contributed by atoms with Gasteiger partial charge >= 0.3 is 0 Å². The molecule has 20 heavy (non-hydrogen) atoms. The third kappa shape index (κ3) is 3.36. The van der Waals surface area contributed by atoms with Gasteiger partial charge in [0.05, 0.1) is 6.04 Å². The predicted octanol–water partition coefficient (Wildman–Crippen LogP) is 1.44. The van der Waals surface area contributed by atoms with Crippen molar-refractivity contribution in [2.45, 2.75) is 32.2 Å². The zero-order valence-electron chi connectivity index (χ0n) is 12.0. The number of carbonyl (C=O) groups is 2. The van der Waals surface area contributed by atoms with Crippen molar-refractivity contribution in [1.29, 1.82) is 0 Å². The molecular formula is C15H21N3O2. The van der Waals surface area contributed by atoms with Crippen LogP contribution in [0.3, 0.4) is 0 Å². The van der Waals surface area contributed by atoms with E-state index < -0.39 is 0 Å². The summed E-state index contributed by atoms with van der Waals surface area (Å²) in [4.78, 5) is 23.7. The molecule has 1 aromatic carbocycles. The highest BCUT2D eigenvalue weighted by Gasteiger charge is 2.20. The summed E-state index contributed by atoms with van der Waals surface area (Å²) in [6, 6.07) is 5.17. The van der Waals surface area contributed by atoms with Crippen molar-refractivity contribution in [3.8, 4) is 0 Å². The summed E-state index contributed by atoms with van der Waals surface area (Å²) in [5.74, 6) is -0.125. The summed E-state index contributed by atoms with van der Waals surface area (Å²) in [5, 5.41) is 8.74. The second-order valence-corrected chi connectivity index (χ2v) is 5.10. The third-order valence-corrected chi connectivity index (χ3v) is 3.60. The van der Waals surface area contributed by atoms with Crippen molar-refractivity contribution in [1.82, 2.24) is 10.6 Å². The smallest absolute Gasteiger partial charge is 0.251 e. The van der Waals surface area contributed by atoms with Gasteiger partial charge in [-0.3, -0.25) is 9.59 Å². The zero-order valence-corrected chi connectivity index (χ0v) is 12.0.